The molecular weight excluding hydrogens is 402 g/mol. The van der Waals surface area contributed by atoms with Crippen molar-refractivity contribution in [2.24, 2.45) is 0 Å². The Kier molecular flexibility index (Phi) is 6.21. The summed E-state index contributed by atoms with van der Waals surface area (Å²) in [6.45, 7) is 6.24. The van der Waals surface area contributed by atoms with Crippen LogP contribution in [-0.2, 0) is 17.8 Å². The number of nitrogens with zero attached hydrogens (tertiary/aromatic N) is 5. The molecule has 168 valence electrons. The highest BCUT2D eigenvalue weighted by atomic mass is 16.5. The number of hydrogen-bond acceptors (Lipinski definition) is 5. The summed E-state index contributed by atoms with van der Waals surface area (Å²) in [5.41, 5.74) is 3.73. The number of likely N-dealkylation sites (N-methyl/N-ethyl adjacent to an activating group) is 1. The lowest BCUT2D eigenvalue weighted by molar-refractivity contribution is 0.0298. The second-order valence-electron chi connectivity index (χ2n) is 8.82. The molecule has 2 aromatic heterocycles. The van der Waals surface area contributed by atoms with Crippen molar-refractivity contribution in [1.82, 2.24) is 24.1 Å². The number of pyridine rings is 1. The third-order valence-electron chi connectivity index (χ3n) is 6.65. The molecule has 5 rings (SSSR count). The number of morpholine rings is 1. The molecule has 2 aliphatic rings. The molecule has 7 nitrogen and oxygen atoms in total. The fourth-order valence-electron chi connectivity index (χ4n) is 4.81. The average Bonchev–Trinajstić information content (AvgIpc) is 3.45. The number of likely N-dealkylation sites (tertiary alicyclic amines) is 1. The summed E-state index contributed by atoms with van der Waals surface area (Å²) in [5, 5.41) is 0. The molecule has 2 fully saturated rings. The van der Waals surface area contributed by atoms with E-state index in [1.807, 2.05) is 29.3 Å². The number of fused-ring (bicyclic) bond motifs is 1. The molecule has 0 spiro atoms. The Morgan fingerprint density at radius 2 is 1.88 bits per heavy atom. The Bertz CT molecular complexity index is 1060. The van der Waals surface area contributed by atoms with Crippen molar-refractivity contribution < 1.29 is 9.53 Å². The van der Waals surface area contributed by atoms with E-state index in [4.69, 9.17) is 9.72 Å². The summed E-state index contributed by atoms with van der Waals surface area (Å²) >= 11 is 0. The lowest BCUT2D eigenvalue weighted by atomic mass is 10.2. The van der Waals surface area contributed by atoms with Gasteiger partial charge >= 0.3 is 0 Å². The molecule has 0 saturated carbocycles. The van der Waals surface area contributed by atoms with Crippen molar-refractivity contribution in [1.29, 1.82) is 0 Å². The zero-order chi connectivity index (χ0) is 21.9. The first-order valence-electron chi connectivity index (χ1n) is 11.5. The van der Waals surface area contributed by atoms with E-state index in [0.717, 1.165) is 37.4 Å². The van der Waals surface area contributed by atoms with Crippen LogP contribution in [0.3, 0.4) is 0 Å². The molecule has 7 heteroatoms. The first kappa shape index (κ1) is 21.1. The van der Waals surface area contributed by atoms with Gasteiger partial charge < -0.3 is 14.0 Å². The van der Waals surface area contributed by atoms with E-state index in [0.29, 0.717) is 44.6 Å². The SMILES string of the molecule is CN(Cc1c(C(=O)N2CCOCC2)nc2ccccn12)C1CCN(Cc2ccccc2)C1. The van der Waals surface area contributed by atoms with Crippen LogP contribution in [0, 0.1) is 0 Å². The monoisotopic (exact) mass is 433 g/mol. The van der Waals surface area contributed by atoms with Crippen molar-refractivity contribution >= 4 is 11.6 Å². The van der Waals surface area contributed by atoms with Crippen LogP contribution >= 0.6 is 0 Å². The van der Waals surface area contributed by atoms with Crippen molar-refractivity contribution in [2.45, 2.75) is 25.6 Å². The van der Waals surface area contributed by atoms with Crippen molar-refractivity contribution in [3.8, 4) is 0 Å². The number of ether oxygens (including phenoxy) is 1. The Balaban J connectivity index is 1.32. The number of benzene rings is 1. The van der Waals surface area contributed by atoms with Gasteiger partial charge in [0.15, 0.2) is 5.69 Å². The summed E-state index contributed by atoms with van der Waals surface area (Å²) < 4.78 is 7.50. The van der Waals surface area contributed by atoms with Gasteiger partial charge in [0.25, 0.3) is 5.91 Å². The Morgan fingerprint density at radius 3 is 2.69 bits per heavy atom. The second kappa shape index (κ2) is 9.40. The minimum Gasteiger partial charge on any atom is -0.378 e. The van der Waals surface area contributed by atoms with Crippen LogP contribution in [0.2, 0.25) is 0 Å². The van der Waals surface area contributed by atoms with E-state index in [2.05, 4.69) is 51.6 Å². The van der Waals surface area contributed by atoms with Crippen LogP contribution in [0.5, 0.6) is 0 Å². The van der Waals surface area contributed by atoms with Crippen LogP contribution in [0.15, 0.2) is 54.7 Å². The van der Waals surface area contributed by atoms with Gasteiger partial charge in [-0.1, -0.05) is 36.4 Å². The first-order valence-corrected chi connectivity index (χ1v) is 11.5. The third-order valence-corrected chi connectivity index (χ3v) is 6.65. The van der Waals surface area contributed by atoms with Crippen LogP contribution in [-0.4, -0.2) is 82.5 Å². The number of amides is 1. The number of aromatic nitrogens is 2. The van der Waals surface area contributed by atoms with Gasteiger partial charge in [0, 0.05) is 51.5 Å². The first-order chi connectivity index (χ1) is 15.7. The molecule has 4 heterocycles. The highest BCUT2D eigenvalue weighted by molar-refractivity contribution is 5.94. The van der Waals surface area contributed by atoms with E-state index in [1.54, 1.807) is 0 Å². The molecule has 1 unspecified atom stereocenters. The van der Waals surface area contributed by atoms with E-state index >= 15 is 0 Å². The standard InChI is InChI=1S/C25H31N5O2/c1-27(21-10-12-28(18-21)17-20-7-3-2-4-8-20)19-22-24(25(31)29-13-15-32-16-14-29)26-23-9-5-6-11-30(22)23/h2-9,11,21H,10,12-19H2,1H3. The van der Waals surface area contributed by atoms with Gasteiger partial charge in [0.05, 0.1) is 18.9 Å². The van der Waals surface area contributed by atoms with Crippen LogP contribution < -0.4 is 0 Å². The van der Waals surface area contributed by atoms with Gasteiger partial charge in [0.2, 0.25) is 0 Å². The smallest absolute Gasteiger partial charge is 0.274 e. The van der Waals surface area contributed by atoms with Crippen LogP contribution in [0.25, 0.3) is 5.65 Å². The lowest BCUT2D eigenvalue weighted by Gasteiger charge is -2.28. The molecule has 0 aliphatic carbocycles. The molecule has 1 atom stereocenters. The summed E-state index contributed by atoms with van der Waals surface area (Å²) in [5.74, 6) is 0.0116. The Labute approximate surface area is 189 Å². The quantitative estimate of drug-likeness (QED) is 0.598. The van der Waals surface area contributed by atoms with Crippen LogP contribution in [0.1, 0.15) is 28.2 Å². The number of imidazole rings is 1. The number of carbonyl (C=O) groups is 1. The zero-order valence-electron chi connectivity index (χ0n) is 18.7. The highest BCUT2D eigenvalue weighted by Crippen LogP contribution is 2.22. The summed E-state index contributed by atoms with van der Waals surface area (Å²) in [6.07, 6.45) is 3.14. The molecule has 32 heavy (non-hydrogen) atoms. The topological polar surface area (TPSA) is 53.3 Å². The fraction of sp³-hybridized carbons (Fsp3) is 0.440. The molecule has 3 aromatic rings. The normalized spacial score (nSPS) is 19.8. The van der Waals surface area contributed by atoms with Gasteiger partial charge in [0.1, 0.15) is 5.65 Å². The molecule has 1 aromatic carbocycles. The predicted molar refractivity (Wildman–Crippen MR) is 124 cm³/mol. The average molecular weight is 434 g/mol. The molecule has 2 aliphatic heterocycles. The van der Waals surface area contributed by atoms with Gasteiger partial charge in [-0.2, -0.15) is 0 Å². The summed E-state index contributed by atoms with van der Waals surface area (Å²) in [4.78, 5) is 24.8. The zero-order valence-corrected chi connectivity index (χ0v) is 18.7. The fourth-order valence-corrected chi connectivity index (χ4v) is 4.81. The minimum atomic E-state index is 0.0116. The molecular formula is C25H31N5O2. The Morgan fingerprint density at radius 1 is 1.09 bits per heavy atom. The second-order valence-corrected chi connectivity index (χ2v) is 8.82. The third kappa shape index (κ3) is 4.41. The molecule has 1 amide bonds. The Hall–Kier alpha value is -2.74. The van der Waals surface area contributed by atoms with Gasteiger partial charge in [-0.15, -0.1) is 0 Å². The summed E-state index contributed by atoms with van der Waals surface area (Å²) in [6, 6.07) is 17.1. The molecule has 0 bridgehead atoms. The van der Waals surface area contributed by atoms with E-state index < -0.39 is 0 Å². The maximum Gasteiger partial charge on any atom is 0.274 e. The van der Waals surface area contributed by atoms with E-state index in [-0.39, 0.29) is 5.91 Å². The molecule has 0 N–H and O–H groups in total. The minimum absolute atomic E-state index is 0.0116. The van der Waals surface area contributed by atoms with Gasteiger partial charge in [-0.3, -0.25) is 14.6 Å². The van der Waals surface area contributed by atoms with E-state index in [9.17, 15) is 4.79 Å². The molecule has 0 radical (unpaired) electrons. The van der Waals surface area contributed by atoms with E-state index in [1.165, 1.54) is 5.56 Å². The predicted octanol–water partition coefficient (Wildman–Crippen LogP) is 2.51. The lowest BCUT2D eigenvalue weighted by Crippen LogP contribution is -2.41. The van der Waals surface area contributed by atoms with Crippen molar-refractivity contribution in [2.75, 3.05) is 46.4 Å². The van der Waals surface area contributed by atoms with Crippen molar-refractivity contribution in [3.05, 3.63) is 71.7 Å². The van der Waals surface area contributed by atoms with Gasteiger partial charge in [-0.05, 0) is 31.2 Å². The maximum absolute atomic E-state index is 13.3. The maximum atomic E-state index is 13.3. The van der Waals surface area contributed by atoms with Gasteiger partial charge in [-0.25, -0.2) is 4.98 Å². The number of hydrogen-bond donors (Lipinski definition) is 0. The molecule has 2 saturated heterocycles. The summed E-state index contributed by atoms with van der Waals surface area (Å²) in [7, 11) is 2.17. The van der Waals surface area contributed by atoms with Crippen molar-refractivity contribution in [3.63, 3.8) is 0 Å². The largest absolute Gasteiger partial charge is 0.378 e. The number of rotatable bonds is 6. The van der Waals surface area contributed by atoms with Crippen LogP contribution in [0.4, 0.5) is 0 Å². The number of carbonyl (C=O) groups excluding carboxylic acids is 1. The highest BCUT2D eigenvalue weighted by Gasteiger charge is 2.29.